The lowest BCUT2D eigenvalue weighted by atomic mass is 10.1. The monoisotopic (exact) mass is 420 g/mol. The van der Waals surface area contributed by atoms with Gasteiger partial charge in [-0.15, -0.1) is 0 Å². The molecule has 1 saturated heterocycles. The maximum absolute atomic E-state index is 13.1. The molecule has 2 aliphatic heterocycles. The Morgan fingerprint density at radius 1 is 1.00 bits per heavy atom. The number of morpholine rings is 1. The fourth-order valence-corrected chi connectivity index (χ4v) is 3.53. The number of halogens is 3. The first kappa shape index (κ1) is 20.2. The standard InChI is InChI=1S/C21H19F3N2O4/c22-21(23,24)15-5-3-4-14(12-15)19(27)26-13-18(20(28)25-8-10-29-11-9-25)30-17-7-2-1-6-16(17)26/h1-7,12,18H,8-11,13H2/t18-/m0/s1. The molecule has 4 rings (SSSR count). The van der Waals surface area contributed by atoms with Crippen molar-refractivity contribution in [3.63, 3.8) is 0 Å². The van der Waals surface area contributed by atoms with Gasteiger partial charge in [0.25, 0.3) is 11.8 Å². The SMILES string of the molecule is O=C([C@@H]1CN(C(=O)c2cccc(C(F)(F)F)c2)c2ccccc2O1)N1CCOCC1. The average molecular weight is 420 g/mol. The van der Waals surface area contributed by atoms with Crippen molar-refractivity contribution in [2.45, 2.75) is 12.3 Å². The van der Waals surface area contributed by atoms with Gasteiger partial charge in [0.15, 0.2) is 6.10 Å². The quantitative estimate of drug-likeness (QED) is 0.750. The molecule has 9 heteroatoms. The third kappa shape index (κ3) is 3.97. The average Bonchev–Trinajstić information content (AvgIpc) is 2.77. The normalized spacial score (nSPS) is 19.1. The van der Waals surface area contributed by atoms with Gasteiger partial charge in [-0.2, -0.15) is 13.2 Å². The van der Waals surface area contributed by atoms with Crippen LogP contribution >= 0.6 is 0 Å². The molecule has 0 radical (unpaired) electrons. The molecule has 0 bridgehead atoms. The number of anilines is 1. The van der Waals surface area contributed by atoms with Crippen LogP contribution in [0, 0.1) is 0 Å². The molecule has 2 aromatic carbocycles. The first-order valence-electron chi connectivity index (χ1n) is 9.46. The minimum absolute atomic E-state index is 0.0950. The number of carbonyl (C=O) groups excluding carboxylic acids is 2. The number of benzene rings is 2. The molecule has 0 unspecified atom stereocenters. The van der Waals surface area contributed by atoms with Crippen molar-refractivity contribution < 1.29 is 32.2 Å². The summed E-state index contributed by atoms with van der Waals surface area (Å²) < 4.78 is 50.3. The van der Waals surface area contributed by atoms with Crippen molar-refractivity contribution in [2.75, 3.05) is 37.7 Å². The van der Waals surface area contributed by atoms with Crippen LogP contribution in [0.2, 0.25) is 0 Å². The highest BCUT2D eigenvalue weighted by Gasteiger charge is 2.37. The van der Waals surface area contributed by atoms with E-state index in [1.54, 1.807) is 29.2 Å². The van der Waals surface area contributed by atoms with Crippen LogP contribution in [-0.2, 0) is 15.7 Å². The molecule has 30 heavy (non-hydrogen) atoms. The van der Waals surface area contributed by atoms with Crippen LogP contribution in [0.4, 0.5) is 18.9 Å². The van der Waals surface area contributed by atoms with Crippen molar-refractivity contribution in [1.29, 1.82) is 0 Å². The van der Waals surface area contributed by atoms with E-state index >= 15 is 0 Å². The van der Waals surface area contributed by atoms with Gasteiger partial charge in [0.2, 0.25) is 0 Å². The number of fused-ring (bicyclic) bond motifs is 1. The van der Waals surface area contributed by atoms with E-state index in [9.17, 15) is 22.8 Å². The summed E-state index contributed by atoms with van der Waals surface area (Å²) in [5, 5.41) is 0. The van der Waals surface area contributed by atoms with E-state index in [1.807, 2.05) is 0 Å². The van der Waals surface area contributed by atoms with Crippen molar-refractivity contribution >= 4 is 17.5 Å². The molecule has 6 nitrogen and oxygen atoms in total. The molecule has 0 aliphatic carbocycles. The van der Waals surface area contributed by atoms with Gasteiger partial charge >= 0.3 is 6.18 Å². The summed E-state index contributed by atoms with van der Waals surface area (Å²) >= 11 is 0. The van der Waals surface area contributed by atoms with Crippen LogP contribution in [0.5, 0.6) is 5.75 Å². The highest BCUT2D eigenvalue weighted by atomic mass is 19.4. The Labute approximate surface area is 170 Å². The number of nitrogens with zero attached hydrogens (tertiary/aromatic N) is 2. The zero-order valence-electron chi connectivity index (χ0n) is 15.9. The molecule has 1 fully saturated rings. The highest BCUT2D eigenvalue weighted by molar-refractivity contribution is 6.08. The second-order valence-corrected chi connectivity index (χ2v) is 7.01. The predicted octanol–water partition coefficient (Wildman–Crippen LogP) is 2.97. The van der Waals surface area contributed by atoms with E-state index in [0.29, 0.717) is 37.7 Å². The van der Waals surface area contributed by atoms with Gasteiger partial charge in [-0.25, -0.2) is 0 Å². The van der Waals surface area contributed by atoms with Crippen molar-refractivity contribution in [1.82, 2.24) is 4.90 Å². The number of rotatable bonds is 2. The minimum atomic E-state index is -4.56. The molecule has 2 aliphatic rings. The number of para-hydroxylation sites is 2. The van der Waals surface area contributed by atoms with Gasteiger partial charge in [-0.1, -0.05) is 18.2 Å². The molecular weight excluding hydrogens is 401 g/mol. The van der Waals surface area contributed by atoms with Crippen LogP contribution in [0.3, 0.4) is 0 Å². The van der Waals surface area contributed by atoms with Crippen LogP contribution in [0.15, 0.2) is 48.5 Å². The van der Waals surface area contributed by atoms with Crippen molar-refractivity contribution in [3.05, 3.63) is 59.7 Å². The van der Waals surface area contributed by atoms with Crippen molar-refractivity contribution in [3.8, 4) is 5.75 Å². The summed E-state index contributed by atoms with van der Waals surface area (Å²) in [6.45, 7) is 1.58. The Kier molecular flexibility index (Phi) is 5.38. The van der Waals surface area contributed by atoms with Crippen molar-refractivity contribution in [2.24, 2.45) is 0 Å². The zero-order valence-corrected chi connectivity index (χ0v) is 15.9. The molecular formula is C21H19F3N2O4. The lowest BCUT2D eigenvalue weighted by molar-refractivity contribution is -0.142. The molecule has 0 N–H and O–H groups in total. The maximum Gasteiger partial charge on any atom is 0.416 e. The number of hydrogen-bond acceptors (Lipinski definition) is 4. The fraction of sp³-hybridized carbons (Fsp3) is 0.333. The predicted molar refractivity (Wildman–Crippen MR) is 101 cm³/mol. The van der Waals surface area contributed by atoms with Gasteiger partial charge in [0.05, 0.1) is 31.0 Å². The van der Waals surface area contributed by atoms with Gasteiger partial charge < -0.3 is 19.3 Å². The smallest absolute Gasteiger partial charge is 0.416 e. The topological polar surface area (TPSA) is 59.1 Å². The first-order chi connectivity index (χ1) is 14.3. The largest absolute Gasteiger partial charge is 0.476 e. The van der Waals surface area contributed by atoms with E-state index in [1.165, 1.54) is 17.0 Å². The van der Waals surface area contributed by atoms with Gasteiger partial charge in [0, 0.05) is 18.7 Å². The Morgan fingerprint density at radius 2 is 1.73 bits per heavy atom. The Morgan fingerprint density at radius 3 is 2.47 bits per heavy atom. The summed E-state index contributed by atoms with van der Waals surface area (Å²) in [5.74, 6) is -0.582. The zero-order chi connectivity index (χ0) is 21.3. The molecule has 158 valence electrons. The number of alkyl halides is 3. The summed E-state index contributed by atoms with van der Waals surface area (Å²) in [5.41, 5.74) is -0.610. The number of ether oxygens (including phenoxy) is 2. The molecule has 2 amide bonds. The summed E-state index contributed by atoms with van der Waals surface area (Å²) in [6, 6.07) is 10.9. The minimum Gasteiger partial charge on any atom is -0.476 e. The van der Waals surface area contributed by atoms with Gasteiger partial charge in [-0.05, 0) is 30.3 Å². The number of hydrogen-bond donors (Lipinski definition) is 0. The Balaban J connectivity index is 1.64. The molecule has 0 spiro atoms. The van der Waals surface area contributed by atoms with E-state index < -0.39 is 23.8 Å². The van der Waals surface area contributed by atoms with Gasteiger partial charge in [0.1, 0.15) is 5.75 Å². The Bertz CT molecular complexity index is 957. The van der Waals surface area contributed by atoms with Crippen LogP contribution in [0.1, 0.15) is 15.9 Å². The van der Waals surface area contributed by atoms with E-state index in [0.717, 1.165) is 12.1 Å². The lowest BCUT2D eigenvalue weighted by Crippen LogP contribution is -2.54. The maximum atomic E-state index is 13.1. The summed E-state index contributed by atoms with van der Waals surface area (Å²) in [4.78, 5) is 29.0. The molecule has 2 aromatic rings. The lowest BCUT2D eigenvalue weighted by Gasteiger charge is -2.37. The van der Waals surface area contributed by atoms with Crippen LogP contribution in [0.25, 0.3) is 0 Å². The molecule has 0 saturated carbocycles. The highest BCUT2D eigenvalue weighted by Crippen LogP contribution is 2.35. The van der Waals surface area contributed by atoms with E-state index in [2.05, 4.69) is 0 Å². The third-order valence-electron chi connectivity index (χ3n) is 5.05. The second kappa shape index (κ2) is 7.98. The molecule has 0 aromatic heterocycles. The summed E-state index contributed by atoms with van der Waals surface area (Å²) in [7, 11) is 0. The fourth-order valence-electron chi connectivity index (χ4n) is 3.53. The third-order valence-corrected chi connectivity index (χ3v) is 5.05. The molecule has 1 atom stereocenters. The summed E-state index contributed by atoms with van der Waals surface area (Å²) in [6.07, 6.45) is -5.51. The number of amides is 2. The van der Waals surface area contributed by atoms with Crippen LogP contribution in [-0.4, -0.2) is 55.7 Å². The molecule has 2 heterocycles. The van der Waals surface area contributed by atoms with Crippen LogP contribution < -0.4 is 9.64 Å². The second-order valence-electron chi connectivity index (χ2n) is 7.01. The first-order valence-corrected chi connectivity index (χ1v) is 9.46. The van der Waals surface area contributed by atoms with E-state index in [-0.39, 0.29) is 18.0 Å². The van der Waals surface area contributed by atoms with E-state index in [4.69, 9.17) is 9.47 Å². The van der Waals surface area contributed by atoms with Gasteiger partial charge in [-0.3, -0.25) is 9.59 Å². The number of carbonyl (C=O) groups is 2. The Hall–Kier alpha value is -3.07.